The maximum absolute atomic E-state index is 15.3. The molecule has 4 rings (SSSR count). The summed E-state index contributed by atoms with van der Waals surface area (Å²) in [5.74, 6) is -2.74. The van der Waals surface area contributed by atoms with Crippen LogP contribution < -0.4 is 10.2 Å². The molecule has 39 heavy (non-hydrogen) atoms. The number of rotatable bonds is 8. The Bertz CT molecular complexity index is 1370. The van der Waals surface area contributed by atoms with Crippen LogP contribution in [0.3, 0.4) is 0 Å². The molecule has 0 spiro atoms. The molecule has 0 unspecified atom stereocenters. The zero-order chi connectivity index (χ0) is 28.3. The number of alkyl halides is 3. The van der Waals surface area contributed by atoms with Crippen LogP contribution in [-0.4, -0.2) is 35.6 Å². The molecule has 3 aromatic rings. The number of carboxylic acid groups (broad SMARTS) is 1. The van der Waals surface area contributed by atoms with Crippen LogP contribution in [0.1, 0.15) is 48.3 Å². The number of nitrogens with one attached hydrogen (secondary N) is 1. The number of nitrogens with zero attached hydrogens (tertiary/aromatic N) is 2. The lowest BCUT2D eigenvalue weighted by atomic mass is 9.83. The molecule has 0 saturated heterocycles. The average Bonchev–Trinajstić information content (AvgIpc) is 3.39. The number of benzene rings is 2. The van der Waals surface area contributed by atoms with E-state index in [1.807, 2.05) is 0 Å². The fraction of sp³-hybridized carbons (Fsp3) is 0.345. The Morgan fingerprint density at radius 1 is 1.13 bits per heavy atom. The quantitative estimate of drug-likeness (QED) is 0.311. The number of hydrogen-bond acceptors (Lipinski definition) is 4. The number of aromatic nitrogens is 1. The van der Waals surface area contributed by atoms with Crippen LogP contribution in [0.15, 0.2) is 54.9 Å². The Labute approximate surface area is 223 Å². The van der Waals surface area contributed by atoms with Gasteiger partial charge in [-0.2, -0.15) is 13.2 Å². The molecule has 206 valence electrons. The molecule has 1 heterocycles. The van der Waals surface area contributed by atoms with Crippen LogP contribution in [0.2, 0.25) is 0 Å². The van der Waals surface area contributed by atoms with Crippen molar-refractivity contribution >= 4 is 23.3 Å². The van der Waals surface area contributed by atoms with Crippen LogP contribution in [0.5, 0.6) is 0 Å². The highest BCUT2D eigenvalue weighted by Gasteiger charge is 2.34. The van der Waals surface area contributed by atoms with Crippen molar-refractivity contribution in [3.8, 4) is 11.1 Å². The number of carbonyl (C=O) groups excluding carboxylic acids is 1. The van der Waals surface area contributed by atoms with Gasteiger partial charge in [0.25, 0.3) is 0 Å². The summed E-state index contributed by atoms with van der Waals surface area (Å²) in [6, 6.07) is 10.3. The molecule has 2 N–H and O–H groups in total. The summed E-state index contributed by atoms with van der Waals surface area (Å²) in [4.78, 5) is 30.0. The number of carboxylic acids is 1. The Morgan fingerprint density at radius 3 is 2.49 bits per heavy atom. The molecule has 1 aromatic heterocycles. The molecule has 6 nitrogen and oxygen atoms in total. The van der Waals surface area contributed by atoms with Crippen molar-refractivity contribution in [1.29, 1.82) is 0 Å². The maximum atomic E-state index is 15.3. The van der Waals surface area contributed by atoms with Gasteiger partial charge < -0.3 is 15.3 Å². The van der Waals surface area contributed by atoms with Crippen molar-refractivity contribution in [3.05, 3.63) is 77.4 Å². The Hall–Kier alpha value is -3.95. The van der Waals surface area contributed by atoms with E-state index in [4.69, 9.17) is 5.11 Å². The molecule has 0 aliphatic heterocycles. The number of pyridine rings is 1. The van der Waals surface area contributed by atoms with Crippen LogP contribution in [0.4, 0.5) is 28.9 Å². The van der Waals surface area contributed by atoms with E-state index < -0.39 is 29.4 Å². The van der Waals surface area contributed by atoms with Gasteiger partial charge in [0.2, 0.25) is 5.91 Å². The summed E-state index contributed by atoms with van der Waals surface area (Å²) in [5.41, 5.74) is 1.29. The largest absolute Gasteiger partial charge is 0.480 e. The number of anilines is 2. The van der Waals surface area contributed by atoms with E-state index >= 15 is 4.39 Å². The minimum atomic E-state index is -4.61. The normalized spacial score (nSPS) is 14.7. The molecule has 1 saturated carbocycles. The summed E-state index contributed by atoms with van der Waals surface area (Å²) >= 11 is 0. The van der Waals surface area contributed by atoms with Crippen LogP contribution in [-0.2, 0) is 15.8 Å². The second kappa shape index (κ2) is 11.4. The number of aliphatic carboxylic acids is 1. The SMILES string of the molecule is Cc1c(NC(=O)[C@@H](c2ccc(-c3cncc(C(F)(F)F)c3)c(F)c2)C2CCCC2)cccc1N(C)CC(=O)O. The molecule has 1 atom stereocenters. The molecule has 1 amide bonds. The van der Waals surface area contributed by atoms with Crippen molar-refractivity contribution < 1.29 is 32.3 Å². The molecule has 1 aliphatic rings. The first-order valence-corrected chi connectivity index (χ1v) is 12.6. The smallest absolute Gasteiger partial charge is 0.417 e. The van der Waals surface area contributed by atoms with E-state index in [1.54, 1.807) is 43.1 Å². The fourth-order valence-electron chi connectivity index (χ4n) is 5.30. The minimum absolute atomic E-state index is 0.00587. The number of carbonyl (C=O) groups is 2. The van der Waals surface area contributed by atoms with Crippen molar-refractivity contribution in [2.45, 2.75) is 44.7 Å². The number of hydrogen-bond donors (Lipinski definition) is 2. The predicted octanol–water partition coefficient (Wildman–Crippen LogP) is 6.65. The van der Waals surface area contributed by atoms with E-state index in [9.17, 15) is 22.8 Å². The first-order valence-electron chi connectivity index (χ1n) is 12.6. The summed E-state index contributed by atoms with van der Waals surface area (Å²) in [6.45, 7) is 1.57. The van der Waals surface area contributed by atoms with Crippen LogP contribution in [0.25, 0.3) is 11.1 Å². The topological polar surface area (TPSA) is 82.5 Å². The lowest BCUT2D eigenvalue weighted by Crippen LogP contribution is -2.28. The van der Waals surface area contributed by atoms with Gasteiger partial charge in [0.15, 0.2) is 0 Å². The van der Waals surface area contributed by atoms with Crippen LogP contribution >= 0.6 is 0 Å². The second-order valence-corrected chi connectivity index (χ2v) is 9.91. The third kappa shape index (κ3) is 6.38. The highest BCUT2D eigenvalue weighted by Crippen LogP contribution is 2.40. The molecular weight excluding hydrogens is 514 g/mol. The predicted molar refractivity (Wildman–Crippen MR) is 140 cm³/mol. The van der Waals surface area contributed by atoms with Gasteiger partial charge in [-0.3, -0.25) is 14.6 Å². The monoisotopic (exact) mass is 543 g/mol. The molecule has 10 heteroatoms. The van der Waals surface area contributed by atoms with Gasteiger partial charge in [-0.1, -0.05) is 31.0 Å². The molecule has 0 bridgehead atoms. The fourth-order valence-corrected chi connectivity index (χ4v) is 5.30. The summed E-state index contributed by atoms with van der Waals surface area (Å²) < 4.78 is 54.7. The van der Waals surface area contributed by atoms with E-state index in [0.717, 1.165) is 31.7 Å². The Balaban J connectivity index is 1.64. The Morgan fingerprint density at radius 2 is 1.85 bits per heavy atom. The lowest BCUT2D eigenvalue weighted by molar-refractivity contribution is -0.138. The third-order valence-electron chi connectivity index (χ3n) is 7.23. The van der Waals surface area contributed by atoms with Gasteiger partial charge >= 0.3 is 12.1 Å². The molecular formula is C29H29F4N3O3. The van der Waals surface area contributed by atoms with Gasteiger partial charge in [0, 0.05) is 41.9 Å². The zero-order valence-corrected chi connectivity index (χ0v) is 21.6. The summed E-state index contributed by atoms with van der Waals surface area (Å²) in [7, 11) is 1.65. The van der Waals surface area contributed by atoms with E-state index in [-0.39, 0.29) is 29.5 Å². The standard InChI is InChI=1S/C29H29F4N3O3/c1-17-24(8-5-9-25(17)36(2)16-26(37)38)35-28(39)27(18-6-3-4-7-18)19-10-11-22(23(30)13-19)20-12-21(15-34-14-20)29(31,32)33/h5,8-15,18,27H,3-4,6-7,16H2,1-2H3,(H,35,39)(H,37,38)/t27-/m1/s1. The van der Waals surface area contributed by atoms with Gasteiger partial charge in [0.05, 0.1) is 11.5 Å². The van der Waals surface area contributed by atoms with Crippen molar-refractivity contribution in [1.82, 2.24) is 4.98 Å². The first-order chi connectivity index (χ1) is 18.5. The van der Waals surface area contributed by atoms with Crippen molar-refractivity contribution in [3.63, 3.8) is 0 Å². The molecule has 1 fully saturated rings. The minimum Gasteiger partial charge on any atom is -0.480 e. The lowest BCUT2D eigenvalue weighted by Gasteiger charge is -2.25. The third-order valence-corrected chi connectivity index (χ3v) is 7.23. The van der Waals surface area contributed by atoms with Crippen molar-refractivity contribution in [2.24, 2.45) is 5.92 Å². The molecule has 1 aliphatic carbocycles. The van der Waals surface area contributed by atoms with Crippen molar-refractivity contribution in [2.75, 3.05) is 23.8 Å². The number of halogens is 4. The van der Waals surface area contributed by atoms with Gasteiger partial charge in [0.1, 0.15) is 12.4 Å². The van der Waals surface area contributed by atoms with E-state index in [0.29, 0.717) is 28.7 Å². The van der Waals surface area contributed by atoms with E-state index in [1.165, 1.54) is 18.3 Å². The van der Waals surface area contributed by atoms with Gasteiger partial charge in [-0.25, -0.2) is 4.39 Å². The number of likely N-dealkylation sites (N-methyl/N-ethyl adjacent to an activating group) is 1. The van der Waals surface area contributed by atoms with Gasteiger partial charge in [-0.05, 0) is 61.1 Å². The highest BCUT2D eigenvalue weighted by molar-refractivity contribution is 5.97. The number of amides is 1. The molecule has 2 aromatic carbocycles. The average molecular weight is 544 g/mol. The Kier molecular flexibility index (Phi) is 8.22. The second-order valence-electron chi connectivity index (χ2n) is 9.91. The summed E-state index contributed by atoms with van der Waals surface area (Å²) in [6.07, 6.45) is 0.721. The highest BCUT2D eigenvalue weighted by atomic mass is 19.4. The first kappa shape index (κ1) is 28.1. The van der Waals surface area contributed by atoms with E-state index in [2.05, 4.69) is 10.3 Å². The maximum Gasteiger partial charge on any atom is 0.417 e. The zero-order valence-electron chi connectivity index (χ0n) is 21.6. The molecule has 0 radical (unpaired) electrons. The van der Waals surface area contributed by atoms with Crippen LogP contribution in [0, 0.1) is 18.7 Å². The van der Waals surface area contributed by atoms with Gasteiger partial charge in [-0.15, -0.1) is 0 Å². The summed E-state index contributed by atoms with van der Waals surface area (Å²) in [5, 5.41) is 12.1.